The number of nitrogens with two attached hydrogens (primary N) is 1. The zero-order valence-electron chi connectivity index (χ0n) is 15.9. The summed E-state index contributed by atoms with van der Waals surface area (Å²) < 4.78 is 38.7. The second kappa shape index (κ2) is 8.23. The molecule has 2 aromatic rings. The average molecular weight is 405 g/mol. The van der Waals surface area contributed by atoms with Crippen molar-refractivity contribution in [2.45, 2.75) is 44.8 Å². The minimum absolute atomic E-state index is 0.0317. The Morgan fingerprint density at radius 2 is 2.10 bits per heavy atom. The Balaban J connectivity index is 1.83. The van der Waals surface area contributed by atoms with Crippen molar-refractivity contribution < 1.29 is 22.8 Å². The van der Waals surface area contributed by atoms with Gasteiger partial charge in [-0.3, -0.25) is 14.6 Å². The quantitative estimate of drug-likeness (QED) is 0.789. The van der Waals surface area contributed by atoms with E-state index in [1.165, 1.54) is 6.20 Å². The van der Waals surface area contributed by atoms with Gasteiger partial charge in [0.15, 0.2) is 0 Å². The van der Waals surface area contributed by atoms with Crippen LogP contribution in [0.4, 0.5) is 13.2 Å². The minimum Gasteiger partial charge on any atom is -0.370 e. The van der Waals surface area contributed by atoms with Crippen molar-refractivity contribution in [3.8, 4) is 0 Å². The fourth-order valence-corrected chi connectivity index (χ4v) is 3.58. The summed E-state index contributed by atoms with van der Waals surface area (Å²) in [5.74, 6) is -2.18. The van der Waals surface area contributed by atoms with Crippen LogP contribution in [0.1, 0.15) is 48.5 Å². The Hall–Kier alpha value is -2.90. The predicted octanol–water partition coefficient (Wildman–Crippen LogP) is 3.97. The molecule has 1 aromatic carbocycles. The lowest BCUT2D eigenvalue weighted by atomic mass is 9.85. The summed E-state index contributed by atoms with van der Waals surface area (Å²) >= 11 is 0. The molecule has 5 nitrogen and oxygen atoms in total. The van der Waals surface area contributed by atoms with Crippen LogP contribution in [-0.2, 0) is 4.79 Å². The van der Waals surface area contributed by atoms with Gasteiger partial charge in [0.1, 0.15) is 0 Å². The number of primary amides is 1. The number of allylic oxidation sites excluding steroid dienone is 2. The number of para-hydroxylation sites is 1. The lowest BCUT2D eigenvalue weighted by molar-refractivity contribution is -0.175. The Kier molecular flexibility index (Phi) is 5.91. The van der Waals surface area contributed by atoms with E-state index >= 15 is 0 Å². The van der Waals surface area contributed by atoms with Crippen LogP contribution in [0.5, 0.6) is 0 Å². The second-order valence-electron chi connectivity index (χ2n) is 7.39. The number of hydrogen-bond acceptors (Lipinski definition) is 3. The maximum atomic E-state index is 12.9. The van der Waals surface area contributed by atoms with Crippen LogP contribution < -0.4 is 11.1 Å². The number of aromatic nitrogens is 1. The first-order valence-corrected chi connectivity index (χ1v) is 9.39. The summed E-state index contributed by atoms with van der Waals surface area (Å²) in [6, 6.07) is 6.71. The molecule has 2 atom stereocenters. The van der Waals surface area contributed by atoms with E-state index in [2.05, 4.69) is 10.3 Å². The Labute approximate surface area is 166 Å². The number of alkyl halides is 3. The molecule has 0 saturated heterocycles. The van der Waals surface area contributed by atoms with Crippen LogP contribution in [0.3, 0.4) is 0 Å². The van der Waals surface area contributed by atoms with Gasteiger partial charge in [-0.05, 0) is 37.8 Å². The van der Waals surface area contributed by atoms with E-state index in [9.17, 15) is 22.8 Å². The lowest BCUT2D eigenvalue weighted by Crippen LogP contribution is -2.35. The van der Waals surface area contributed by atoms with Gasteiger partial charge in [0.2, 0.25) is 5.91 Å². The van der Waals surface area contributed by atoms with Crippen LogP contribution in [0.25, 0.3) is 16.5 Å². The van der Waals surface area contributed by atoms with Gasteiger partial charge in [0, 0.05) is 29.6 Å². The van der Waals surface area contributed by atoms with Crippen LogP contribution in [-0.4, -0.2) is 29.0 Å². The summed E-state index contributed by atoms with van der Waals surface area (Å²) in [5.41, 5.74) is 7.74. The highest BCUT2D eigenvalue weighted by molar-refractivity contribution is 5.99. The first-order chi connectivity index (χ1) is 13.6. The van der Waals surface area contributed by atoms with Gasteiger partial charge in [0.05, 0.1) is 17.0 Å². The summed E-state index contributed by atoms with van der Waals surface area (Å²) in [7, 11) is 0. The highest BCUT2D eigenvalue weighted by Crippen LogP contribution is 2.40. The molecular weight excluding hydrogens is 383 g/mol. The van der Waals surface area contributed by atoms with Crippen molar-refractivity contribution in [3.05, 3.63) is 47.7 Å². The van der Waals surface area contributed by atoms with E-state index in [1.807, 2.05) is 6.07 Å². The molecule has 8 heteroatoms. The number of pyridine rings is 1. The fourth-order valence-electron chi connectivity index (χ4n) is 3.58. The van der Waals surface area contributed by atoms with E-state index in [0.29, 0.717) is 17.5 Å². The van der Waals surface area contributed by atoms with Gasteiger partial charge in [-0.15, -0.1) is 0 Å². The molecule has 3 rings (SSSR count). The normalized spacial score (nSPS) is 18.2. The van der Waals surface area contributed by atoms with Gasteiger partial charge in [-0.25, -0.2) is 0 Å². The maximum Gasteiger partial charge on any atom is 0.392 e. The van der Waals surface area contributed by atoms with E-state index in [4.69, 9.17) is 5.73 Å². The highest BCUT2D eigenvalue weighted by atomic mass is 19.4. The van der Waals surface area contributed by atoms with Crippen molar-refractivity contribution in [1.29, 1.82) is 0 Å². The second-order valence-corrected chi connectivity index (χ2v) is 7.39. The third-order valence-electron chi connectivity index (χ3n) is 5.08. The molecule has 0 fully saturated rings. The van der Waals surface area contributed by atoms with Crippen LogP contribution in [0.15, 0.2) is 36.5 Å². The van der Waals surface area contributed by atoms with E-state index in [1.54, 1.807) is 31.2 Å². The van der Waals surface area contributed by atoms with Crippen molar-refractivity contribution in [1.82, 2.24) is 10.3 Å². The number of nitrogens with zero attached hydrogens (tertiary/aromatic N) is 1. The molecule has 1 heterocycles. The number of hydrogen-bond donors (Lipinski definition) is 2. The number of rotatable bonds is 5. The molecule has 0 bridgehead atoms. The molecule has 0 radical (unpaired) electrons. The Morgan fingerprint density at radius 1 is 1.34 bits per heavy atom. The number of benzene rings is 1. The third-order valence-corrected chi connectivity index (χ3v) is 5.08. The molecule has 1 aromatic heterocycles. The number of halogens is 3. The van der Waals surface area contributed by atoms with Crippen LogP contribution in [0, 0.1) is 5.92 Å². The van der Waals surface area contributed by atoms with Gasteiger partial charge in [0.25, 0.3) is 5.91 Å². The molecule has 154 valence electrons. The SMILES string of the molecule is CC(CC(N)=O)NC(=O)c1cnc2c(C3=CCC(C(F)(F)F)CC3)cccc2c1. The van der Waals surface area contributed by atoms with Gasteiger partial charge < -0.3 is 11.1 Å². The van der Waals surface area contributed by atoms with Crippen molar-refractivity contribution in [3.63, 3.8) is 0 Å². The number of nitrogens with one attached hydrogen (secondary N) is 1. The minimum atomic E-state index is -4.17. The number of carbonyl (C=O) groups excluding carboxylic acids is 2. The van der Waals surface area contributed by atoms with Crippen molar-refractivity contribution >= 4 is 28.3 Å². The zero-order valence-corrected chi connectivity index (χ0v) is 15.9. The predicted molar refractivity (Wildman–Crippen MR) is 104 cm³/mol. The Bertz CT molecular complexity index is 969. The van der Waals surface area contributed by atoms with E-state index in [-0.39, 0.29) is 25.2 Å². The first-order valence-electron chi connectivity index (χ1n) is 9.39. The molecule has 29 heavy (non-hydrogen) atoms. The summed E-state index contributed by atoms with van der Waals surface area (Å²) in [6.45, 7) is 1.68. The van der Waals surface area contributed by atoms with Gasteiger partial charge >= 0.3 is 6.18 Å². The van der Waals surface area contributed by atoms with E-state index in [0.717, 1.165) is 16.5 Å². The molecule has 1 aliphatic rings. The van der Waals surface area contributed by atoms with Crippen molar-refractivity contribution in [2.24, 2.45) is 11.7 Å². The van der Waals surface area contributed by atoms with E-state index < -0.39 is 24.0 Å². The maximum absolute atomic E-state index is 12.9. The third kappa shape index (κ3) is 4.93. The zero-order chi connectivity index (χ0) is 21.2. The summed E-state index contributed by atoms with van der Waals surface area (Å²) in [5, 5.41) is 3.41. The Morgan fingerprint density at radius 3 is 2.72 bits per heavy atom. The first kappa shape index (κ1) is 20.8. The molecular formula is C21H22F3N3O2. The molecule has 3 N–H and O–H groups in total. The van der Waals surface area contributed by atoms with Crippen LogP contribution in [0.2, 0.25) is 0 Å². The van der Waals surface area contributed by atoms with Gasteiger partial charge in [-0.1, -0.05) is 24.3 Å². The summed E-state index contributed by atoms with van der Waals surface area (Å²) in [6.07, 6.45) is -0.712. The number of fused-ring (bicyclic) bond motifs is 1. The largest absolute Gasteiger partial charge is 0.392 e. The molecule has 2 unspecified atom stereocenters. The smallest absolute Gasteiger partial charge is 0.370 e. The lowest BCUT2D eigenvalue weighted by Gasteiger charge is -2.24. The topological polar surface area (TPSA) is 85.1 Å². The fraction of sp³-hybridized carbons (Fsp3) is 0.381. The average Bonchev–Trinajstić information content (AvgIpc) is 2.65. The molecule has 2 amide bonds. The number of carbonyl (C=O) groups is 2. The van der Waals surface area contributed by atoms with Crippen LogP contribution >= 0.6 is 0 Å². The summed E-state index contributed by atoms with van der Waals surface area (Å²) in [4.78, 5) is 27.7. The molecule has 0 saturated carbocycles. The molecule has 1 aliphatic carbocycles. The molecule has 0 aliphatic heterocycles. The van der Waals surface area contributed by atoms with Gasteiger partial charge in [-0.2, -0.15) is 13.2 Å². The van der Waals surface area contributed by atoms with Crippen molar-refractivity contribution in [2.75, 3.05) is 0 Å². The number of amides is 2. The molecule has 0 spiro atoms. The monoisotopic (exact) mass is 405 g/mol. The standard InChI is InChI=1S/C21H22F3N3O2/c1-12(9-18(25)28)27-20(29)15-10-14-3-2-4-17(19(14)26-11-15)13-5-7-16(8-6-13)21(22,23)24/h2-5,10-12,16H,6-9H2,1H3,(H2,25,28)(H,27,29). The highest BCUT2D eigenvalue weighted by Gasteiger charge is 2.39.